The molecule has 0 aliphatic heterocycles. The number of nitrogens with one attached hydrogen (secondary N) is 1. The molecule has 33 heavy (non-hydrogen) atoms. The van der Waals surface area contributed by atoms with Gasteiger partial charge in [-0.25, -0.2) is 0 Å². The van der Waals surface area contributed by atoms with Gasteiger partial charge in [-0.3, -0.25) is 14.8 Å². The summed E-state index contributed by atoms with van der Waals surface area (Å²) < 4.78 is 1.63. The highest BCUT2D eigenvalue weighted by atomic mass is 16.1. The van der Waals surface area contributed by atoms with Gasteiger partial charge in [0.05, 0.1) is 0 Å². The van der Waals surface area contributed by atoms with Gasteiger partial charge in [0.15, 0.2) is 11.5 Å². The Morgan fingerprint density at radius 3 is 2.70 bits per heavy atom. The molecule has 0 fully saturated rings. The van der Waals surface area contributed by atoms with E-state index >= 15 is 0 Å². The van der Waals surface area contributed by atoms with Crippen molar-refractivity contribution in [1.82, 2.24) is 35.1 Å². The molecule has 0 unspecified atom stereocenters. The van der Waals surface area contributed by atoms with Gasteiger partial charge in [0.2, 0.25) is 5.82 Å². The number of nitrogens with zero attached hydrogens (tertiary/aromatic N) is 7. The number of aromatic nitrogens is 6. The minimum absolute atomic E-state index is 0.214. The maximum Gasteiger partial charge on any atom is 0.251 e. The van der Waals surface area contributed by atoms with Crippen LogP contribution in [0.1, 0.15) is 15.9 Å². The molecule has 0 aliphatic rings. The second kappa shape index (κ2) is 8.83. The number of carbonyl (C=O) groups excluding carboxylic acids is 1. The molecule has 9 nitrogen and oxygen atoms in total. The third-order valence-corrected chi connectivity index (χ3v) is 5.16. The van der Waals surface area contributed by atoms with Crippen molar-refractivity contribution in [1.29, 1.82) is 0 Å². The molecule has 4 aromatic heterocycles. The van der Waals surface area contributed by atoms with Crippen LogP contribution in [0.3, 0.4) is 0 Å². The lowest BCUT2D eigenvalue weighted by molar-refractivity contribution is 0.0951. The number of carbonyl (C=O) groups is 1. The number of hydrogen-bond acceptors (Lipinski definition) is 7. The van der Waals surface area contributed by atoms with Crippen molar-refractivity contribution in [2.45, 2.75) is 6.54 Å². The molecule has 0 radical (unpaired) electrons. The SMILES string of the molecule is CN(c1ccccc1)c1ccc2nnc(-c3cc(C(=O)NCc4cccnc4)ccn3)n2n1. The molecule has 0 aliphatic carbocycles. The molecule has 162 valence electrons. The van der Waals surface area contributed by atoms with E-state index in [0.29, 0.717) is 29.3 Å². The molecule has 0 atom stereocenters. The second-order valence-corrected chi connectivity index (χ2v) is 7.35. The monoisotopic (exact) mass is 436 g/mol. The van der Waals surface area contributed by atoms with Crippen molar-refractivity contribution >= 4 is 23.1 Å². The van der Waals surface area contributed by atoms with Gasteiger partial charge < -0.3 is 10.2 Å². The average molecular weight is 436 g/mol. The van der Waals surface area contributed by atoms with E-state index < -0.39 is 0 Å². The van der Waals surface area contributed by atoms with E-state index in [0.717, 1.165) is 17.1 Å². The van der Waals surface area contributed by atoms with E-state index in [1.165, 1.54) is 0 Å². The van der Waals surface area contributed by atoms with E-state index in [2.05, 4.69) is 25.5 Å². The Labute approximate surface area is 189 Å². The van der Waals surface area contributed by atoms with Crippen LogP contribution in [-0.4, -0.2) is 42.7 Å². The summed E-state index contributed by atoms with van der Waals surface area (Å²) in [6.07, 6.45) is 4.99. The van der Waals surface area contributed by atoms with Crippen molar-refractivity contribution in [2.75, 3.05) is 11.9 Å². The Bertz CT molecular complexity index is 1400. The van der Waals surface area contributed by atoms with Crippen molar-refractivity contribution in [2.24, 2.45) is 0 Å². The van der Waals surface area contributed by atoms with Crippen molar-refractivity contribution in [3.05, 3.63) is 96.4 Å². The van der Waals surface area contributed by atoms with Gasteiger partial charge in [0.25, 0.3) is 5.91 Å². The van der Waals surface area contributed by atoms with Crippen molar-refractivity contribution < 1.29 is 4.79 Å². The lowest BCUT2D eigenvalue weighted by atomic mass is 10.2. The van der Waals surface area contributed by atoms with Crippen LogP contribution in [-0.2, 0) is 6.54 Å². The Morgan fingerprint density at radius 1 is 1.00 bits per heavy atom. The maximum atomic E-state index is 12.7. The normalized spacial score (nSPS) is 10.8. The fourth-order valence-electron chi connectivity index (χ4n) is 3.38. The van der Waals surface area contributed by atoms with Crippen molar-refractivity contribution in [3.63, 3.8) is 0 Å². The molecule has 0 spiro atoms. The van der Waals surface area contributed by atoms with E-state index in [4.69, 9.17) is 5.10 Å². The Morgan fingerprint density at radius 2 is 1.88 bits per heavy atom. The summed E-state index contributed by atoms with van der Waals surface area (Å²) >= 11 is 0. The quantitative estimate of drug-likeness (QED) is 0.436. The summed E-state index contributed by atoms with van der Waals surface area (Å²) in [5.41, 5.74) is 3.48. The highest BCUT2D eigenvalue weighted by Gasteiger charge is 2.15. The number of para-hydroxylation sites is 1. The zero-order valence-electron chi connectivity index (χ0n) is 17.8. The van der Waals surface area contributed by atoms with Gasteiger partial charge in [-0.1, -0.05) is 24.3 Å². The lowest BCUT2D eigenvalue weighted by Crippen LogP contribution is -2.23. The number of fused-ring (bicyclic) bond motifs is 1. The zero-order valence-corrected chi connectivity index (χ0v) is 17.8. The van der Waals surface area contributed by atoms with Gasteiger partial charge in [0.1, 0.15) is 5.69 Å². The number of amides is 1. The summed E-state index contributed by atoms with van der Waals surface area (Å²) in [5, 5.41) is 16.1. The van der Waals surface area contributed by atoms with Gasteiger partial charge in [0, 0.05) is 43.4 Å². The van der Waals surface area contributed by atoms with Crippen LogP contribution in [0.4, 0.5) is 11.5 Å². The minimum atomic E-state index is -0.214. The summed E-state index contributed by atoms with van der Waals surface area (Å²) in [6, 6.07) is 20.8. The van der Waals surface area contributed by atoms with Crippen LogP contribution in [0, 0.1) is 0 Å². The predicted octanol–water partition coefficient (Wildman–Crippen LogP) is 3.28. The molecule has 5 aromatic rings. The van der Waals surface area contributed by atoms with Gasteiger partial charge >= 0.3 is 0 Å². The molecular weight excluding hydrogens is 416 g/mol. The first-order valence-electron chi connectivity index (χ1n) is 10.3. The summed E-state index contributed by atoms with van der Waals surface area (Å²) in [7, 11) is 1.94. The van der Waals surface area contributed by atoms with Crippen LogP contribution in [0.2, 0.25) is 0 Å². The molecule has 0 saturated heterocycles. The van der Waals surface area contributed by atoms with Gasteiger partial charge in [-0.05, 0) is 48.0 Å². The third-order valence-electron chi connectivity index (χ3n) is 5.16. The van der Waals surface area contributed by atoms with E-state index in [1.807, 2.05) is 66.5 Å². The van der Waals surface area contributed by atoms with Gasteiger partial charge in [-0.2, -0.15) is 4.52 Å². The lowest BCUT2D eigenvalue weighted by Gasteiger charge is -2.18. The maximum absolute atomic E-state index is 12.7. The first-order chi connectivity index (χ1) is 16.2. The second-order valence-electron chi connectivity index (χ2n) is 7.35. The van der Waals surface area contributed by atoms with Crippen molar-refractivity contribution in [3.8, 4) is 11.5 Å². The fraction of sp³-hybridized carbons (Fsp3) is 0.0833. The fourth-order valence-corrected chi connectivity index (χ4v) is 3.38. The molecule has 0 bridgehead atoms. The van der Waals surface area contributed by atoms with Crippen LogP contribution < -0.4 is 10.2 Å². The number of benzene rings is 1. The molecular formula is C24H20N8O. The van der Waals surface area contributed by atoms with Crippen LogP contribution in [0.25, 0.3) is 17.2 Å². The van der Waals surface area contributed by atoms with E-state index in [-0.39, 0.29) is 5.91 Å². The number of anilines is 2. The van der Waals surface area contributed by atoms with E-state index in [9.17, 15) is 4.79 Å². The van der Waals surface area contributed by atoms with Crippen LogP contribution in [0.5, 0.6) is 0 Å². The zero-order chi connectivity index (χ0) is 22.6. The van der Waals surface area contributed by atoms with Gasteiger partial charge in [-0.15, -0.1) is 15.3 Å². The van der Waals surface area contributed by atoms with Crippen LogP contribution >= 0.6 is 0 Å². The summed E-state index contributed by atoms with van der Waals surface area (Å²) in [5.74, 6) is 0.962. The molecule has 1 aromatic carbocycles. The Hall–Kier alpha value is -4.66. The number of rotatable bonds is 6. The van der Waals surface area contributed by atoms with E-state index in [1.54, 1.807) is 35.2 Å². The third kappa shape index (κ3) is 4.24. The Kier molecular flexibility index (Phi) is 5.42. The topological polar surface area (TPSA) is 101 Å². The standard InChI is InChI=1S/C24H20N8O/c1-31(19-7-3-2-4-8-19)22-10-9-21-28-29-23(32(21)30-22)20-14-18(11-13-26-20)24(33)27-16-17-6-5-12-25-15-17/h2-15H,16H2,1H3,(H,27,33). The summed E-state index contributed by atoms with van der Waals surface area (Å²) in [4.78, 5) is 23.1. The largest absolute Gasteiger partial charge is 0.348 e. The highest BCUT2D eigenvalue weighted by Crippen LogP contribution is 2.23. The molecule has 5 rings (SSSR count). The summed E-state index contributed by atoms with van der Waals surface area (Å²) in [6.45, 7) is 0.384. The smallest absolute Gasteiger partial charge is 0.251 e. The number of pyridine rings is 2. The molecule has 4 heterocycles. The number of hydrogen-bond donors (Lipinski definition) is 1. The first kappa shape index (κ1) is 20.3. The predicted molar refractivity (Wildman–Crippen MR) is 124 cm³/mol. The molecule has 1 N–H and O–H groups in total. The molecule has 1 amide bonds. The highest BCUT2D eigenvalue weighted by molar-refractivity contribution is 5.94. The minimum Gasteiger partial charge on any atom is -0.348 e. The first-order valence-corrected chi connectivity index (χ1v) is 10.3. The molecule has 0 saturated carbocycles. The average Bonchev–Trinajstić information content (AvgIpc) is 3.31. The van der Waals surface area contributed by atoms with Crippen LogP contribution in [0.15, 0.2) is 85.3 Å². The molecule has 9 heteroatoms. The Balaban J connectivity index is 1.42.